The van der Waals surface area contributed by atoms with Gasteiger partial charge in [0.05, 0.1) is 19.3 Å². The van der Waals surface area contributed by atoms with Crippen molar-refractivity contribution in [2.45, 2.75) is 30.4 Å². The third-order valence-electron chi connectivity index (χ3n) is 5.96. The van der Waals surface area contributed by atoms with E-state index in [1.807, 2.05) is 47.5 Å². The molecule has 1 aliphatic heterocycles. The number of hydrogen-bond donors (Lipinski definition) is 1. The molecule has 6 heteroatoms. The summed E-state index contributed by atoms with van der Waals surface area (Å²) in [6.07, 6.45) is 1.29. The van der Waals surface area contributed by atoms with Gasteiger partial charge in [-0.15, -0.1) is 5.06 Å². The van der Waals surface area contributed by atoms with Crippen LogP contribution in [0.1, 0.15) is 17.5 Å². The minimum Gasteiger partial charge on any atom is -0.497 e. The highest BCUT2D eigenvalue weighted by Crippen LogP contribution is 2.51. The number of rotatable bonds is 7. The highest BCUT2D eigenvalue weighted by atomic mass is 16.7. The number of hydroxylamine groups is 2. The molecule has 1 N–H and O–H groups in total. The third kappa shape index (κ3) is 4.01. The number of ether oxygens (including phenoxy) is 2. The van der Waals surface area contributed by atoms with Gasteiger partial charge in [0.15, 0.2) is 0 Å². The highest BCUT2D eigenvalue weighted by Gasteiger charge is 2.64. The summed E-state index contributed by atoms with van der Waals surface area (Å²) in [5.74, 6) is 0.520. The predicted molar refractivity (Wildman–Crippen MR) is 110 cm³/mol. The molecule has 2 fully saturated rings. The number of hydrogen-bond acceptors (Lipinski definition) is 6. The number of carbonyl (C=O) groups is 1. The fourth-order valence-corrected chi connectivity index (χ4v) is 4.15. The summed E-state index contributed by atoms with van der Waals surface area (Å²) in [6.45, 7) is 2.24. The molecular formula is C23H28N2O4. The van der Waals surface area contributed by atoms with Crippen LogP contribution >= 0.6 is 0 Å². The van der Waals surface area contributed by atoms with Gasteiger partial charge in [0.1, 0.15) is 11.2 Å². The Bertz CT molecular complexity index is 827. The van der Waals surface area contributed by atoms with Crippen LogP contribution in [-0.2, 0) is 26.2 Å². The van der Waals surface area contributed by atoms with Gasteiger partial charge in [0.25, 0.3) is 0 Å². The molecule has 1 saturated heterocycles. The molecule has 0 bridgehead atoms. The monoisotopic (exact) mass is 396 g/mol. The van der Waals surface area contributed by atoms with Gasteiger partial charge < -0.3 is 19.6 Å². The fraction of sp³-hybridized carbons (Fsp3) is 0.435. The molecule has 3 atom stereocenters. The van der Waals surface area contributed by atoms with E-state index in [1.165, 1.54) is 5.56 Å². The molecule has 29 heavy (non-hydrogen) atoms. The van der Waals surface area contributed by atoms with Crippen LogP contribution < -0.4 is 10.1 Å². The topological polar surface area (TPSA) is 60.0 Å². The van der Waals surface area contributed by atoms with Crippen LogP contribution in [0.2, 0.25) is 0 Å². The van der Waals surface area contributed by atoms with E-state index in [0.29, 0.717) is 13.0 Å². The van der Waals surface area contributed by atoms with E-state index >= 15 is 0 Å². The molecule has 2 aliphatic rings. The van der Waals surface area contributed by atoms with Crippen LogP contribution in [-0.4, -0.2) is 57.0 Å². The summed E-state index contributed by atoms with van der Waals surface area (Å²) in [5, 5.41) is 5.25. The van der Waals surface area contributed by atoms with E-state index in [9.17, 15) is 4.79 Å². The molecule has 1 saturated carbocycles. The number of nitrogens with zero attached hydrogens (tertiary/aromatic N) is 1. The van der Waals surface area contributed by atoms with Gasteiger partial charge >= 0.3 is 5.97 Å². The molecule has 0 spiro atoms. The Morgan fingerprint density at radius 2 is 1.90 bits per heavy atom. The van der Waals surface area contributed by atoms with E-state index in [2.05, 4.69) is 17.4 Å². The number of benzene rings is 2. The zero-order chi connectivity index (χ0) is 20.3. The second-order valence-corrected chi connectivity index (χ2v) is 7.70. The van der Waals surface area contributed by atoms with Crippen molar-refractivity contribution in [1.82, 2.24) is 10.4 Å². The lowest BCUT2D eigenvalue weighted by molar-refractivity contribution is -0.209. The molecule has 1 aliphatic carbocycles. The summed E-state index contributed by atoms with van der Waals surface area (Å²) in [7, 11) is 3.28. The van der Waals surface area contributed by atoms with Gasteiger partial charge in [0, 0.05) is 26.7 Å². The lowest BCUT2D eigenvalue weighted by atomic mass is 9.95. The smallest absolute Gasteiger partial charge is 0.338 e. The first kappa shape index (κ1) is 19.9. The first-order chi connectivity index (χ1) is 14.2. The molecule has 154 valence electrons. The van der Waals surface area contributed by atoms with Crippen LogP contribution in [0.3, 0.4) is 0 Å². The SMILES string of the molecule is COc1ccc(C2(C(=O)ON3CCNCC3Cc3ccccc3)CC2OC)cc1. The summed E-state index contributed by atoms with van der Waals surface area (Å²) < 4.78 is 10.8. The minimum atomic E-state index is -0.747. The summed E-state index contributed by atoms with van der Waals surface area (Å²) in [4.78, 5) is 19.3. The van der Waals surface area contributed by atoms with E-state index in [4.69, 9.17) is 14.3 Å². The summed E-state index contributed by atoms with van der Waals surface area (Å²) in [6, 6.07) is 18.0. The predicted octanol–water partition coefficient (Wildman–Crippen LogP) is 2.33. The highest BCUT2D eigenvalue weighted by molar-refractivity contribution is 5.88. The van der Waals surface area contributed by atoms with Gasteiger partial charge in [-0.1, -0.05) is 42.5 Å². The van der Waals surface area contributed by atoms with Crippen LogP contribution in [0.5, 0.6) is 5.75 Å². The molecule has 6 nitrogen and oxygen atoms in total. The van der Waals surface area contributed by atoms with Gasteiger partial charge in [0.2, 0.25) is 0 Å². The molecule has 2 aromatic carbocycles. The van der Waals surface area contributed by atoms with Gasteiger partial charge in [-0.05, 0) is 36.1 Å². The Kier molecular flexibility index (Phi) is 5.85. The van der Waals surface area contributed by atoms with Crippen molar-refractivity contribution >= 4 is 5.97 Å². The Morgan fingerprint density at radius 1 is 1.14 bits per heavy atom. The van der Waals surface area contributed by atoms with Crippen molar-refractivity contribution in [2.75, 3.05) is 33.9 Å². The second-order valence-electron chi connectivity index (χ2n) is 7.70. The molecule has 2 aromatic rings. The number of nitrogens with one attached hydrogen (secondary N) is 1. The normalized spacial score (nSPS) is 26.7. The average Bonchev–Trinajstić information content (AvgIpc) is 3.52. The maximum Gasteiger partial charge on any atom is 0.338 e. The zero-order valence-electron chi connectivity index (χ0n) is 17.0. The van der Waals surface area contributed by atoms with Crippen molar-refractivity contribution in [3.63, 3.8) is 0 Å². The first-order valence-corrected chi connectivity index (χ1v) is 10.1. The van der Waals surface area contributed by atoms with Crippen LogP contribution in [0.4, 0.5) is 0 Å². The van der Waals surface area contributed by atoms with Gasteiger partial charge in [-0.25, -0.2) is 4.79 Å². The van der Waals surface area contributed by atoms with Crippen LogP contribution in [0.25, 0.3) is 0 Å². The van der Waals surface area contributed by atoms with Crippen molar-refractivity contribution in [3.05, 3.63) is 65.7 Å². The van der Waals surface area contributed by atoms with Gasteiger partial charge in [-0.2, -0.15) is 0 Å². The molecule has 1 heterocycles. The lowest BCUT2D eigenvalue weighted by Gasteiger charge is -2.35. The molecule has 0 amide bonds. The molecule has 4 rings (SSSR count). The van der Waals surface area contributed by atoms with E-state index < -0.39 is 5.41 Å². The molecular weight excluding hydrogens is 368 g/mol. The van der Waals surface area contributed by atoms with Crippen molar-refractivity contribution in [3.8, 4) is 5.75 Å². The summed E-state index contributed by atoms with van der Waals surface area (Å²) in [5.41, 5.74) is 1.39. The van der Waals surface area contributed by atoms with Crippen LogP contribution in [0, 0.1) is 0 Å². The number of piperazine rings is 1. The standard InChI is InChI=1S/C23H28N2O4/c1-27-20-10-8-18(9-11-20)23(15-21(23)28-2)22(26)29-25-13-12-24-16-19(25)14-17-6-4-3-5-7-17/h3-11,19,21,24H,12-16H2,1-2H3. The van der Waals surface area contributed by atoms with Crippen molar-refractivity contribution in [2.24, 2.45) is 0 Å². The Balaban J connectivity index is 1.50. The fourth-order valence-electron chi connectivity index (χ4n) is 4.15. The number of carbonyl (C=O) groups excluding carboxylic acids is 1. The van der Waals surface area contributed by atoms with E-state index in [-0.39, 0.29) is 18.1 Å². The first-order valence-electron chi connectivity index (χ1n) is 10.1. The minimum absolute atomic E-state index is 0.0998. The molecule has 0 radical (unpaired) electrons. The zero-order valence-corrected chi connectivity index (χ0v) is 17.0. The second kappa shape index (κ2) is 8.53. The molecule has 0 aromatic heterocycles. The Labute approximate surface area is 171 Å². The maximum atomic E-state index is 13.3. The van der Waals surface area contributed by atoms with Crippen molar-refractivity contribution in [1.29, 1.82) is 0 Å². The average molecular weight is 396 g/mol. The van der Waals surface area contributed by atoms with E-state index in [0.717, 1.165) is 30.8 Å². The van der Waals surface area contributed by atoms with E-state index in [1.54, 1.807) is 14.2 Å². The largest absolute Gasteiger partial charge is 0.497 e. The lowest BCUT2D eigenvalue weighted by Crippen LogP contribution is -2.53. The number of methoxy groups -OCH3 is 2. The quantitative estimate of drug-likeness (QED) is 0.775. The maximum absolute atomic E-state index is 13.3. The van der Waals surface area contributed by atoms with Crippen LogP contribution in [0.15, 0.2) is 54.6 Å². The van der Waals surface area contributed by atoms with Gasteiger partial charge in [-0.3, -0.25) is 0 Å². The van der Waals surface area contributed by atoms with Crippen molar-refractivity contribution < 1.29 is 19.1 Å². The summed E-state index contributed by atoms with van der Waals surface area (Å²) >= 11 is 0. The third-order valence-corrected chi connectivity index (χ3v) is 5.96. The molecule has 3 unspecified atom stereocenters. The Morgan fingerprint density at radius 3 is 2.55 bits per heavy atom. The Hall–Kier alpha value is -2.41.